The van der Waals surface area contributed by atoms with Crippen molar-refractivity contribution in [2.75, 3.05) is 31.7 Å². The van der Waals surface area contributed by atoms with Crippen molar-refractivity contribution in [2.45, 2.75) is 52.6 Å². The van der Waals surface area contributed by atoms with Crippen molar-refractivity contribution in [1.29, 1.82) is 0 Å². The number of hydrogen-bond donors (Lipinski definition) is 1. The lowest BCUT2D eigenvalue weighted by atomic mass is 10.1. The van der Waals surface area contributed by atoms with Gasteiger partial charge in [-0.1, -0.05) is 26.8 Å². The maximum Gasteiger partial charge on any atom is 0.133 e. The number of anilines is 1. The van der Waals surface area contributed by atoms with E-state index in [-0.39, 0.29) is 0 Å². The number of ether oxygens (including phenoxy) is 1. The van der Waals surface area contributed by atoms with Crippen molar-refractivity contribution >= 4 is 5.82 Å². The molecule has 0 spiro atoms. The highest BCUT2D eigenvalue weighted by molar-refractivity contribution is 5.47. The van der Waals surface area contributed by atoms with Gasteiger partial charge in [0, 0.05) is 38.0 Å². The first-order valence-corrected chi connectivity index (χ1v) is 8.18. The van der Waals surface area contributed by atoms with Crippen molar-refractivity contribution in [1.82, 2.24) is 10.3 Å². The average Bonchev–Trinajstić information content (AvgIpc) is 2.52. The lowest BCUT2D eigenvalue weighted by molar-refractivity contribution is 0.202. The summed E-state index contributed by atoms with van der Waals surface area (Å²) in [6.45, 7) is 10.2. The van der Waals surface area contributed by atoms with Crippen molar-refractivity contribution in [2.24, 2.45) is 0 Å². The quantitative estimate of drug-likeness (QED) is 0.636. The molecule has 0 aliphatic rings. The van der Waals surface area contributed by atoms with E-state index in [4.69, 9.17) is 4.74 Å². The van der Waals surface area contributed by atoms with Crippen LogP contribution in [0, 0.1) is 0 Å². The van der Waals surface area contributed by atoms with Gasteiger partial charge in [-0.2, -0.15) is 0 Å². The predicted octanol–water partition coefficient (Wildman–Crippen LogP) is 3.22. The van der Waals surface area contributed by atoms with Crippen LogP contribution in [0.2, 0.25) is 0 Å². The Morgan fingerprint density at radius 3 is 2.67 bits per heavy atom. The van der Waals surface area contributed by atoms with Gasteiger partial charge in [0.25, 0.3) is 0 Å². The molecule has 4 nitrogen and oxygen atoms in total. The molecule has 1 heterocycles. The van der Waals surface area contributed by atoms with E-state index in [1.54, 1.807) is 7.11 Å². The summed E-state index contributed by atoms with van der Waals surface area (Å²) in [7, 11) is 1.76. The molecular formula is C17H31N3O. The van der Waals surface area contributed by atoms with Crippen LogP contribution < -0.4 is 10.2 Å². The monoisotopic (exact) mass is 293 g/mol. The van der Waals surface area contributed by atoms with Gasteiger partial charge < -0.3 is 15.0 Å². The SMILES string of the molecule is CCCNCc1cccnc1N(CCOC)C(CC)CC. The topological polar surface area (TPSA) is 37.4 Å². The van der Waals surface area contributed by atoms with E-state index in [0.717, 1.165) is 51.3 Å². The zero-order chi connectivity index (χ0) is 15.5. The van der Waals surface area contributed by atoms with Crippen molar-refractivity contribution in [3.63, 3.8) is 0 Å². The third kappa shape index (κ3) is 5.64. The summed E-state index contributed by atoms with van der Waals surface area (Å²) in [4.78, 5) is 7.07. The zero-order valence-electron chi connectivity index (χ0n) is 14.1. The molecule has 0 bridgehead atoms. The van der Waals surface area contributed by atoms with Crippen LogP contribution in [0.1, 0.15) is 45.6 Å². The lowest BCUT2D eigenvalue weighted by Gasteiger charge is -2.33. The molecule has 0 radical (unpaired) electrons. The van der Waals surface area contributed by atoms with E-state index in [9.17, 15) is 0 Å². The number of aromatic nitrogens is 1. The number of rotatable bonds is 11. The Labute approximate surface area is 129 Å². The first-order valence-electron chi connectivity index (χ1n) is 8.18. The van der Waals surface area contributed by atoms with Gasteiger partial charge in [0.2, 0.25) is 0 Å². The predicted molar refractivity (Wildman–Crippen MR) is 89.8 cm³/mol. The molecule has 0 unspecified atom stereocenters. The molecule has 0 aliphatic heterocycles. The highest BCUT2D eigenvalue weighted by Crippen LogP contribution is 2.22. The van der Waals surface area contributed by atoms with Crippen molar-refractivity contribution in [3.8, 4) is 0 Å². The summed E-state index contributed by atoms with van der Waals surface area (Å²) in [5.74, 6) is 1.10. The van der Waals surface area contributed by atoms with Crippen LogP contribution in [0.3, 0.4) is 0 Å². The highest BCUT2D eigenvalue weighted by Gasteiger charge is 2.19. The van der Waals surface area contributed by atoms with E-state index in [1.165, 1.54) is 5.56 Å². The molecule has 1 rings (SSSR count). The van der Waals surface area contributed by atoms with E-state index in [0.29, 0.717) is 6.04 Å². The number of pyridine rings is 1. The Hall–Kier alpha value is -1.13. The Balaban J connectivity index is 2.93. The minimum absolute atomic E-state index is 0.514. The summed E-state index contributed by atoms with van der Waals surface area (Å²) in [6.07, 6.45) is 5.29. The molecule has 0 aromatic carbocycles. The van der Waals surface area contributed by atoms with Gasteiger partial charge >= 0.3 is 0 Å². The molecule has 0 saturated carbocycles. The van der Waals surface area contributed by atoms with Gasteiger partial charge in [-0.3, -0.25) is 0 Å². The summed E-state index contributed by atoms with van der Waals surface area (Å²) < 4.78 is 5.29. The second-order valence-electron chi connectivity index (χ2n) is 5.32. The molecule has 4 heteroatoms. The van der Waals surface area contributed by atoms with Crippen LogP contribution in [0.5, 0.6) is 0 Å². The van der Waals surface area contributed by atoms with Gasteiger partial charge in [-0.15, -0.1) is 0 Å². The Morgan fingerprint density at radius 1 is 1.29 bits per heavy atom. The molecule has 120 valence electrons. The highest BCUT2D eigenvalue weighted by atomic mass is 16.5. The van der Waals surface area contributed by atoms with Crippen LogP contribution in [0.15, 0.2) is 18.3 Å². The molecule has 0 amide bonds. The molecule has 1 aromatic heterocycles. The van der Waals surface area contributed by atoms with E-state index in [1.807, 2.05) is 12.3 Å². The minimum atomic E-state index is 0.514. The Bertz CT molecular complexity index is 380. The molecule has 0 fully saturated rings. The number of nitrogens with one attached hydrogen (secondary N) is 1. The Morgan fingerprint density at radius 2 is 2.05 bits per heavy atom. The molecule has 0 aliphatic carbocycles. The molecule has 0 atom stereocenters. The molecule has 1 aromatic rings. The normalized spacial score (nSPS) is 11.1. The molecule has 0 saturated heterocycles. The van der Waals surface area contributed by atoms with Crippen molar-refractivity contribution in [3.05, 3.63) is 23.9 Å². The first kappa shape index (κ1) is 17.9. The Kier molecular flexibility index (Phi) is 9.02. The van der Waals surface area contributed by atoms with Crippen LogP contribution >= 0.6 is 0 Å². The number of nitrogens with zero attached hydrogens (tertiary/aromatic N) is 2. The average molecular weight is 293 g/mol. The smallest absolute Gasteiger partial charge is 0.133 e. The van der Waals surface area contributed by atoms with E-state index < -0.39 is 0 Å². The summed E-state index contributed by atoms with van der Waals surface area (Å²) in [5.41, 5.74) is 1.27. The zero-order valence-corrected chi connectivity index (χ0v) is 14.1. The fourth-order valence-electron chi connectivity index (χ4n) is 2.61. The molecule has 1 N–H and O–H groups in total. The third-order valence-electron chi connectivity index (χ3n) is 3.80. The number of hydrogen-bond acceptors (Lipinski definition) is 4. The van der Waals surface area contributed by atoms with Gasteiger partial charge in [0.1, 0.15) is 5.82 Å². The fourth-order valence-corrected chi connectivity index (χ4v) is 2.61. The largest absolute Gasteiger partial charge is 0.383 e. The minimum Gasteiger partial charge on any atom is -0.383 e. The van der Waals surface area contributed by atoms with Gasteiger partial charge in [0.05, 0.1) is 6.61 Å². The van der Waals surface area contributed by atoms with E-state index in [2.05, 4.69) is 42.0 Å². The van der Waals surface area contributed by atoms with Crippen LogP contribution in [-0.2, 0) is 11.3 Å². The maximum atomic E-state index is 5.29. The van der Waals surface area contributed by atoms with Crippen LogP contribution in [-0.4, -0.2) is 37.8 Å². The summed E-state index contributed by atoms with van der Waals surface area (Å²) in [5, 5.41) is 3.48. The fraction of sp³-hybridized carbons (Fsp3) is 0.706. The van der Waals surface area contributed by atoms with E-state index >= 15 is 0 Å². The second kappa shape index (κ2) is 10.6. The molecular weight excluding hydrogens is 262 g/mol. The van der Waals surface area contributed by atoms with Crippen molar-refractivity contribution < 1.29 is 4.74 Å². The van der Waals surface area contributed by atoms with Crippen LogP contribution in [0.25, 0.3) is 0 Å². The summed E-state index contributed by atoms with van der Waals surface area (Å²) >= 11 is 0. The van der Waals surface area contributed by atoms with Gasteiger partial charge in [-0.05, 0) is 31.9 Å². The second-order valence-corrected chi connectivity index (χ2v) is 5.32. The van der Waals surface area contributed by atoms with Gasteiger partial charge in [0.15, 0.2) is 0 Å². The third-order valence-corrected chi connectivity index (χ3v) is 3.80. The van der Waals surface area contributed by atoms with Crippen LogP contribution in [0.4, 0.5) is 5.82 Å². The lowest BCUT2D eigenvalue weighted by Crippen LogP contribution is -2.38. The number of methoxy groups -OCH3 is 1. The van der Waals surface area contributed by atoms with Gasteiger partial charge in [-0.25, -0.2) is 4.98 Å². The summed E-state index contributed by atoms with van der Waals surface area (Å²) in [6, 6.07) is 4.71. The standard InChI is InChI=1S/C17H31N3O/c1-5-10-18-14-15-9-8-11-19-17(15)20(12-13-21-4)16(6-2)7-3/h8-9,11,16,18H,5-7,10,12-14H2,1-4H3. The first-order chi connectivity index (χ1) is 10.3. The maximum absolute atomic E-state index is 5.29. The molecule has 21 heavy (non-hydrogen) atoms.